The molecule has 1 rings (SSSR count). The second kappa shape index (κ2) is 6.60. The molecule has 1 atom stereocenters. The maximum Gasteiger partial charge on any atom is 0.272 e. The first kappa shape index (κ1) is 14.0. The molecular weight excluding hydrogens is 238 g/mol. The van der Waals surface area contributed by atoms with Crippen molar-refractivity contribution in [2.75, 3.05) is 0 Å². The van der Waals surface area contributed by atoms with E-state index in [0.717, 1.165) is 18.4 Å². The molecule has 0 saturated carbocycles. The Kier molecular flexibility index (Phi) is 5.42. The lowest BCUT2D eigenvalue weighted by molar-refractivity contribution is -0.385. The van der Waals surface area contributed by atoms with Crippen LogP contribution in [0.25, 0.3) is 0 Å². The fourth-order valence-corrected chi connectivity index (χ4v) is 2.01. The van der Waals surface area contributed by atoms with Gasteiger partial charge in [0.25, 0.3) is 5.69 Å². The average Bonchev–Trinajstić information content (AvgIpc) is 2.27. The standard InChI is InChI=1S/C13H18ClNO2/c1-10(2)7-8-12(14)9-11-5-3-4-6-13(11)15(16)17/h3-6,10,12H,7-9H2,1-2H3. The zero-order chi connectivity index (χ0) is 12.8. The molecule has 0 fully saturated rings. The largest absolute Gasteiger partial charge is 0.272 e. The molecular formula is C13H18ClNO2. The van der Waals surface area contributed by atoms with E-state index in [1.165, 1.54) is 6.07 Å². The summed E-state index contributed by atoms with van der Waals surface area (Å²) in [5.41, 5.74) is 0.893. The van der Waals surface area contributed by atoms with Crippen molar-refractivity contribution in [2.45, 2.75) is 38.5 Å². The molecule has 3 nitrogen and oxygen atoms in total. The molecule has 0 aromatic heterocycles. The summed E-state index contributed by atoms with van der Waals surface area (Å²) in [7, 11) is 0. The number of nitrogens with zero attached hydrogens (tertiary/aromatic N) is 1. The fraction of sp³-hybridized carbons (Fsp3) is 0.538. The molecule has 0 radical (unpaired) electrons. The van der Waals surface area contributed by atoms with Gasteiger partial charge in [-0.25, -0.2) is 0 Å². The van der Waals surface area contributed by atoms with Crippen molar-refractivity contribution in [2.24, 2.45) is 5.92 Å². The van der Waals surface area contributed by atoms with Crippen LogP contribution in [0.2, 0.25) is 0 Å². The Labute approximate surface area is 107 Å². The summed E-state index contributed by atoms with van der Waals surface area (Å²) in [6.07, 6.45) is 2.51. The molecule has 0 heterocycles. The quantitative estimate of drug-likeness (QED) is 0.435. The molecule has 0 bridgehead atoms. The van der Waals surface area contributed by atoms with Gasteiger partial charge in [0.15, 0.2) is 0 Å². The molecule has 0 aliphatic heterocycles. The van der Waals surface area contributed by atoms with E-state index in [9.17, 15) is 10.1 Å². The topological polar surface area (TPSA) is 43.1 Å². The van der Waals surface area contributed by atoms with Gasteiger partial charge >= 0.3 is 0 Å². The lowest BCUT2D eigenvalue weighted by atomic mass is 10.0. The Hall–Kier alpha value is -1.09. The van der Waals surface area contributed by atoms with E-state index >= 15 is 0 Å². The van der Waals surface area contributed by atoms with Crippen LogP contribution < -0.4 is 0 Å². The number of alkyl halides is 1. The van der Waals surface area contributed by atoms with Gasteiger partial charge in [-0.1, -0.05) is 32.0 Å². The third kappa shape index (κ3) is 4.73. The van der Waals surface area contributed by atoms with Crippen LogP contribution in [0.15, 0.2) is 24.3 Å². The molecule has 0 amide bonds. The van der Waals surface area contributed by atoms with Crippen LogP contribution in [0, 0.1) is 16.0 Å². The molecule has 4 heteroatoms. The van der Waals surface area contributed by atoms with Gasteiger partial charge in [0.05, 0.1) is 4.92 Å². The number of hydrogen-bond donors (Lipinski definition) is 0. The summed E-state index contributed by atoms with van der Waals surface area (Å²) in [6, 6.07) is 6.80. The molecule has 0 N–H and O–H groups in total. The van der Waals surface area contributed by atoms with E-state index in [1.54, 1.807) is 12.1 Å². The minimum Gasteiger partial charge on any atom is -0.258 e. The number of nitro groups is 1. The minimum atomic E-state index is -0.346. The average molecular weight is 256 g/mol. The number of nitro benzene ring substituents is 1. The van der Waals surface area contributed by atoms with Crippen LogP contribution in [-0.4, -0.2) is 10.3 Å². The zero-order valence-electron chi connectivity index (χ0n) is 10.2. The van der Waals surface area contributed by atoms with E-state index in [-0.39, 0.29) is 16.0 Å². The summed E-state index contributed by atoms with van der Waals surface area (Å²) in [6.45, 7) is 4.29. The Morgan fingerprint density at radius 1 is 1.29 bits per heavy atom. The van der Waals surface area contributed by atoms with Crippen LogP contribution >= 0.6 is 11.6 Å². The van der Waals surface area contributed by atoms with Gasteiger partial charge in [0.1, 0.15) is 0 Å². The van der Waals surface area contributed by atoms with Gasteiger partial charge in [-0.3, -0.25) is 10.1 Å². The first-order valence-electron chi connectivity index (χ1n) is 5.87. The Balaban J connectivity index is 2.64. The number of halogens is 1. The molecule has 1 aromatic rings. The van der Waals surface area contributed by atoms with Gasteiger partial charge in [-0.2, -0.15) is 0 Å². The van der Waals surface area contributed by atoms with Crippen LogP contribution in [0.5, 0.6) is 0 Å². The van der Waals surface area contributed by atoms with Crippen LogP contribution in [0.3, 0.4) is 0 Å². The predicted octanol–water partition coefficient (Wildman–Crippen LogP) is 4.18. The van der Waals surface area contributed by atoms with Crippen molar-refractivity contribution in [3.63, 3.8) is 0 Å². The van der Waals surface area contributed by atoms with Crippen molar-refractivity contribution in [1.82, 2.24) is 0 Å². The zero-order valence-corrected chi connectivity index (χ0v) is 11.0. The van der Waals surface area contributed by atoms with Crippen molar-refractivity contribution >= 4 is 17.3 Å². The third-order valence-electron chi connectivity index (χ3n) is 2.69. The molecule has 94 valence electrons. The van der Waals surface area contributed by atoms with E-state index in [0.29, 0.717) is 12.3 Å². The SMILES string of the molecule is CC(C)CCC(Cl)Cc1ccccc1[N+](=O)[O-]. The molecule has 0 aliphatic carbocycles. The summed E-state index contributed by atoms with van der Waals surface area (Å²) in [5, 5.41) is 10.8. The normalized spacial score (nSPS) is 12.7. The third-order valence-corrected chi connectivity index (χ3v) is 3.06. The summed E-state index contributed by atoms with van der Waals surface area (Å²) >= 11 is 6.21. The Morgan fingerprint density at radius 3 is 2.53 bits per heavy atom. The van der Waals surface area contributed by atoms with Crippen LogP contribution in [0.4, 0.5) is 5.69 Å². The molecule has 1 unspecified atom stereocenters. The molecule has 0 aliphatic rings. The minimum absolute atomic E-state index is 0.0292. The summed E-state index contributed by atoms with van der Waals surface area (Å²) in [4.78, 5) is 10.5. The number of para-hydroxylation sites is 1. The van der Waals surface area contributed by atoms with Gasteiger partial charge in [-0.15, -0.1) is 11.6 Å². The highest BCUT2D eigenvalue weighted by atomic mass is 35.5. The molecule has 0 saturated heterocycles. The number of benzene rings is 1. The Bertz CT molecular complexity index is 379. The lowest BCUT2D eigenvalue weighted by Gasteiger charge is -2.11. The first-order valence-corrected chi connectivity index (χ1v) is 6.30. The smallest absolute Gasteiger partial charge is 0.258 e. The van der Waals surface area contributed by atoms with Crippen LogP contribution in [0.1, 0.15) is 32.3 Å². The van der Waals surface area contributed by atoms with Crippen molar-refractivity contribution in [3.05, 3.63) is 39.9 Å². The lowest BCUT2D eigenvalue weighted by Crippen LogP contribution is -2.07. The number of rotatable bonds is 6. The second-order valence-electron chi connectivity index (χ2n) is 4.66. The van der Waals surface area contributed by atoms with Gasteiger partial charge in [0.2, 0.25) is 0 Å². The van der Waals surface area contributed by atoms with Gasteiger partial charge in [-0.05, 0) is 25.2 Å². The summed E-state index contributed by atoms with van der Waals surface area (Å²) in [5.74, 6) is 0.613. The first-order chi connectivity index (χ1) is 8.00. The molecule has 0 spiro atoms. The molecule has 1 aromatic carbocycles. The predicted molar refractivity (Wildman–Crippen MR) is 70.5 cm³/mol. The maximum absolute atomic E-state index is 10.8. The van der Waals surface area contributed by atoms with E-state index < -0.39 is 0 Å². The maximum atomic E-state index is 10.8. The fourth-order valence-electron chi connectivity index (χ4n) is 1.72. The highest BCUT2D eigenvalue weighted by Crippen LogP contribution is 2.23. The van der Waals surface area contributed by atoms with E-state index in [1.807, 2.05) is 6.07 Å². The monoisotopic (exact) mass is 255 g/mol. The van der Waals surface area contributed by atoms with E-state index in [2.05, 4.69) is 13.8 Å². The second-order valence-corrected chi connectivity index (χ2v) is 5.28. The van der Waals surface area contributed by atoms with Crippen LogP contribution in [-0.2, 0) is 6.42 Å². The van der Waals surface area contributed by atoms with Crippen molar-refractivity contribution < 1.29 is 4.92 Å². The summed E-state index contributed by atoms with van der Waals surface area (Å²) < 4.78 is 0. The van der Waals surface area contributed by atoms with Crippen molar-refractivity contribution in [3.8, 4) is 0 Å². The van der Waals surface area contributed by atoms with Crippen molar-refractivity contribution in [1.29, 1.82) is 0 Å². The highest BCUT2D eigenvalue weighted by molar-refractivity contribution is 6.20. The van der Waals surface area contributed by atoms with E-state index in [4.69, 9.17) is 11.6 Å². The van der Waals surface area contributed by atoms with Gasteiger partial charge in [0, 0.05) is 17.0 Å². The molecule has 17 heavy (non-hydrogen) atoms. The highest BCUT2D eigenvalue weighted by Gasteiger charge is 2.16. The van der Waals surface area contributed by atoms with Gasteiger partial charge < -0.3 is 0 Å². The Morgan fingerprint density at radius 2 is 1.94 bits per heavy atom. The number of hydrogen-bond acceptors (Lipinski definition) is 2.